The van der Waals surface area contributed by atoms with Gasteiger partial charge in [0.05, 0.1) is 17.8 Å². The van der Waals surface area contributed by atoms with Crippen molar-refractivity contribution >= 4 is 22.4 Å². The predicted octanol–water partition coefficient (Wildman–Crippen LogP) is 4.36. The number of rotatable bonds is 7. The first kappa shape index (κ1) is 26.6. The van der Waals surface area contributed by atoms with Crippen molar-refractivity contribution in [3.63, 3.8) is 0 Å². The first-order valence-electron chi connectivity index (χ1n) is 13.6. The molecule has 202 valence electrons. The summed E-state index contributed by atoms with van der Waals surface area (Å²) in [6.45, 7) is 0.680. The van der Waals surface area contributed by atoms with Gasteiger partial charge in [0.1, 0.15) is 34.7 Å². The molecule has 0 amide bonds. The lowest BCUT2D eigenvalue weighted by atomic mass is 9.83. The number of aryl methyl sites for hydroxylation is 1. The van der Waals surface area contributed by atoms with Gasteiger partial charge in [-0.15, -0.1) is 0 Å². The SMILES string of the molecule is CN(c1c(C#N)c(=O)n(C)c2ccc(C#N)nc12)C1CCC(N(CC2CCC2)c2ccc(F)cc2CO)CC1. The number of halogens is 1. The summed E-state index contributed by atoms with van der Waals surface area (Å²) in [7, 11) is 3.51. The van der Waals surface area contributed by atoms with Crippen molar-refractivity contribution in [2.75, 3.05) is 23.4 Å². The third-order valence-electron chi connectivity index (χ3n) is 8.65. The van der Waals surface area contributed by atoms with Gasteiger partial charge in [-0.2, -0.15) is 10.5 Å². The second kappa shape index (κ2) is 11.0. The van der Waals surface area contributed by atoms with Crippen LogP contribution >= 0.6 is 0 Å². The number of pyridine rings is 2. The van der Waals surface area contributed by atoms with Crippen LogP contribution in [0.5, 0.6) is 0 Å². The van der Waals surface area contributed by atoms with Gasteiger partial charge in [-0.1, -0.05) is 6.42 Å². The largest absolute Gasteiger partial charge is 0.392 e. The molecule has 3 aromatic rings. The summed E-state index contributed by atoms with van der Waals surface area (Å²) < 4.78 is 15.4. The zero-order chi connectivity index (χ0) is 27.7. The summed E-state index contributed by atoms with van der Waals surface area (Å²) in [5, 5.41) is 29.4. The van der Waals surface area contributed by atoms with E-state index in [9.17, 15) is 24.8 Å². The second-order valence-corrected chi connectivity index (χ2v) is 10.8. The Kier molecular flexibility index (Phi) is 7.54. The van der Waals surface area contributed by atoms with E-state index in [-0.39, 0.29) is 41.3 Å². The molecule has 2 aliphatic rings. The molecule has 0 spiro atoms. The van der Waals surface area contributed by atoms with Crippen LogP contribution in [0.4, 0.5) is 15.8 Å². The van der Waals surface area contributed by atoms with Crippen molar-refractivity contribution in [1.29, 1.82) is 10.5 Å². The molecule has 1 N–H and O–H groups in total. The van der Waals surface area contributed by atoms with E-state index in [1.807, 2.05) is 11.9 Å². The Morgan fingerprint density at radius 2 is 1.79 bits per heavy atom. The molecule has 2 aliphatic carbocycles. The molecule has 0 radical (unpaired) electrons. The average molecular weight is 529 g/mol. The number of aliphatic hydroxyl groups excluding tert-OH is 1. The summed E-state index contributed by atoms with van der Waals surface area (Å²) >= 11 is 0. The Labute approximate surface area is 227 Å². The molecule has 2 aromatic heterocycles. The van der Waals surface area contributed by atoms with Crippen LogP contribution < -0.4 is 15.4 Å². The third-order valence-corrected chi connectivity index (χ3v) is 8.65. The molecular weight excluding hydrogens is 495 g/mol. The number of nitriles is 2. The van der Waals surface area contributed by atoms with Crippen LogP contribution in [0.1, 0.15) is 61.8 Å². The van der Waals surface area contributed by atoms with Crippen LogP contribution in [-0.4, -0.2) is 40.3 Å². The van der Waals surface area contributed by atoms with Crippen LogP contribution in [-0.2, 0) is 13.7 Å². The lowest BCUT2D eigenvalue weighted by Gasteiger charge is -2.44. The Morgan fingerprint density at radius 1 is 1.08 bits per heavy atom. The van der Waals surface area contributed by atoms with E-state index >= 15 is 0 Å². The van der Waals surface area contributed by atoms with E-state index < -0.39 is 0 Å². The molecule has 1 aromatic carbocycles. The fourth-order valence-corrected chi connectivity index (χ4v) is 6.20. The predicted molar refractivity (Wildman–Crippen MR) is 148 cm³/mol. The van der Waals surface area contributed by atoms with Crippen molar-refractivity contribution in [3.05, 3.63) is 63.3 Å². The minimum atomic E-state index is -0.383. The lowest BCUT2D eigenvalue weighted by Crippen LogP contribution is -2.46. The monoisotopic (exact) mass is 528 g/mol. The van der Waals surface area contributed by atoms with Gasteiger partial charge in [-0.25, -0.2) is 9.37 Å². The molecule has 9 heteroatoms. The van der Waals surface area contributed by atoms with Crippen LogP contribution in [0.15, 0.2) is 35.1 Å². The summed E-state index contributed by atoms with van der Waals surface area (Å²) in [5.41, 5.74) is 2.92. The number of fused-ring (bicyclic) bond motifs is 1. The maximum Gasteiger partial charge on any atom is 0.270 e. The average Bonchev–Trinajstić information content (AvgIpc) is 2.94. The summed E-state index contributed by atoms with van der Waals surface area (Å²) in [6, 6.07) is 12.4. The normalized spacial score (nSPS) is 19.2. The minimum absolute atomic E-state index is 0.0303. The molecule has 2 saturated carbocycles. The Hall–Kier alpha value is -3.95. The van der Waals surface area contributed by atoms with Gasteiger partial charge in [0.25, 0.3) is 5.56 Å². The number of aromatic nitrogens is 2. The highest BCUT2D eigenvalue weighted by Gasteiger charge is 2.33. The minimum Gasteiger partial charge on any atom is -0.392 e. The molecule has 0 unspecified atom stereocenters. The van der Waals surface area contributed by atoms with Gasteiger partial charge < -0.3 is 19.5 Å². The Balaban J connectivity index is 1.44. The number of hydrogen-bond acceptors (Lipinski definition) is 7. The van der Waals surface area contributed by atoms with Crippen molar-refractivity contribution in [1.82, 2.24) is 9.55 Å². The molecular formula is C30H33FN6O2. The van der Waals surface area contributed by atoms with E-state index in [1.54, 1.807) is 25.2 Å². The maximum absolute atomic E-state index is 14.0. The molecule has 0 saturated heterocycles. The first-order chi connectivity index (χ1) is 18.9. The van der Waals surface area contributed by atoms with Crippen molar-refractivity contribution in [2.45, 2.75) is 63.6 Å². The highest BCUT2D eigenvalue weighted by atomic mass is 19.1. The standard InChI is InChI=1S/C30H33FN6O2/c1-35(29-25(16-33)30(39)36(2)27-13-7-22(15-32)34-28(27)29)23-8-10-24(11-9-23)37(17-19-4-3-5-19)26-12-6-21(31)14-20(26)18-38/h6-7,12-14,19,23-24,38H,3-5,8-11,17-18H2,1-2H3. The summed E-state index contributed by atoms with van der Waals surface area (Å²) in [4.78, 5) is 21.9. The molecule has 2 heterocycles. The molecule has 0 aliphatic heterocycles. The van der Waals surface area contributed by atoms with Gasteiger partial charge in [-0.3, -0.25) is 4.79 Å². The molecule has 8 nitrogen and oxygen atoms in total. The number of benzene rings is 1. The Morgan fingerprint density at radius 3 is 2.41 bits per heavy atom. The lowest BCUT2D eigenvalue weighted by molar-refractivity contribution is 0.275. The maximum atomic E-state index is 14.0. The van der Waals surface area contributed by atoms with Crippen molar-refractivity contribution < 1.29 is 9.50 Å². The van der Waals surface area contributed by atoms with E-state index in [0.717, 1.165) is 37.9 Å². The van der Waals surface area contributed by atoms with E-state index in [4.69, 9.17) is 0 Å². The van der Waals surface area contributed by atoms with Crippen LogP contribution in [0, 0.1) is 34.4 Å². The fraction of sp³-hybridized carbons (Fsp3) is 0.467. The zero-order valence-corrected chi connectivity index (χ0v) is 22.4. The van der Waals surface area contributed by atoms with Gasteiger partial charge in [0.2, 0.25) is 0 Å². The first-order valence-corrected chi connectivity index (χ1v) is 13.6. The quantitative estimate of drug-likeness (QED) is 0.485. The molecule has 0 bridgehead atoms. The van der Waals surface area contributed by atoms with Crippen LogP contribution in [0.25, 0.3) is 11.0 Å². The highest BCUT2D eigenvalue weighted by molar-refractivity contribution is 5.92. The van der Waals surface area contributed by atoms with Gasteiger partial charge in [0.15, 0.2) is 0 Å². The fourth-order valence-electron chi connectivity index (χ4n) is 6.20. The topological polar surface area (TPSA) is 109 Å². The van der Waals surface area contributed by atoms with Crippen molar-refractivity contribution in [2.24, 2.45) is 13.0 Å². The van der Waals surface area contributed by atoms with E-state index in [1.165, 1.54) is 36.0 Å². The van der Waals surface area contributed by atoms with Gasteiger partial charge in [0, 0.05) is 44.0 Å². The highest BCUT2D eigenvalue weighted by Crippen LogP contribution is 2.37. The molecule has 2 fully saturated rings. The smallest absolute Gasteiger partial charge is 0.270 e. The summed E-state index contributed by atoms with van der Waals surface area (Å²) in [5.74, 6) is 0.256. The number of aliphatic hydroxyl groups is 1. The molecule has 5 rings (SSSR count). The van der Waals surface area contributed by atoms with E-state index in [0.29, 0.717) is 28.2 Å². The molecule has 0 atom stereocenters. The second-order valence-electron chi connectivity index (χ2n) is 10.8. The zero-order valence-electron chi connectivity index (χ0n) is 22.4. The number of anilines is 2. The number of nitrogens with zero attached hydrogens (tertiary/aromatic N) is 6. The van der Waals surface area contributed by atoms with E-state index in [2.05, 4.69) is 22.0 Å². The van der Waals surface area contributed by atoms with Gasteiger partial charge in [-0.05, 0) is 74.8 Å². The molecule has 39 heavy (non-hydrogen) atoms. The van der Waals surface area contributed by atoms with Crippen LogP contribution in [0.3, 0.4) is 0 Å². The van der Waals surface area contributed by atoms with Crippen molar-refractivity contribution in [3.8, 4) is 12.1 Å². The van der Waals surface area contributed by atoms with Gasteiger partial charge >= 0.3 is 0 Å². The summed E-state index contributed by atoms with van der Waals surface area (Å²) in [6.07, 6.45) is 7.04. The Bertz CT molecular complexity index is 1530. The third kappa shape index (κ3) is 4.95. The number of hydrogen-bond donors (Lipinski definition) is 1. The van der Waals surface area contributed by atoms with Crippen LogP contribution in [0.2, 0.25) is 0 Å².